The van der Waals surface area contributed by atoms with Gasteiger partial charge in [-0.15, -0.1) is 0 Å². The van der Waals surface area contributed by atoms with Gasteiger partial charge >= 0.3 is 6.03 Å². The minimum absolute atomic E-state index is 0.112. The standard InChI is InChI=1S/C14H19ClN2O2/c1-9-3-4-11(7-12(9)15)16-14(19)17-6-5-13(18)10(2)8-17/h3-4,7,10,13,18H,5-6,8H2,1-2H3,(H,16,19)/t10-,13+/m1/s1. The van der Waals surface area contributed by atoms with Crippen LogP contribution in [0.15, 0.2) is 18.2 Å². The molecule has 1 heterocycles. The first-order valence-electron chi connectivity index (χ1n) is 6.47. The van der Waals surface area contributed by atoms with E-state index in [0.717, 1.165) is 5.56 Å². The lowest BCUT2D eigenvalue weighted by atomic mass is 9.97. The molecule has 2 N–H and O–H groups in total. The molecule has 0 saturated carbocycles. The maximum Gasteiger partial charge on any atom is 0.321 e. The Balaban J connectivity index is 1.99. The van der Waals surface area contributed by atoms with Gasteiger partial charge in [0.25, 0.3) is 0 Å². The van der Waals surface area contributed by atoms with Gasteiger partial charge in [0, 0.05) is 23.8 Å². The third kappa shape index (κ3) is 3.39. The monoisotopic (exact) mass is 282 g/mol. The third-order valence-corrected chi connectivity index (χ3v) is 3.98. The summed E-state index contributed by atoms with van der Waals surface area (Å²) in [5.41, 5.74) is 1.67. The number of rotatable bonds is 1. The summed E-state index contributed by atoms with van der Waals surface area (Å²) in [5, 5.41) is 13.1. The number of amides is 2. The highest BCUT2D eigenvalue weighted by Crippen LogP contribution is 2.21. The number of aliphatic hydroxyl groups excluding tert-OH is 1. The summed E-state index contributed by atoms with van der Waals surface area (Å²) in [5.74, 6) is 0.112. The highest BCUT2D eigenvalue weighted by molar-refractivity contribution is 6.31. The van der Waals surface area contributed by atoms with Crippen LogP contribution in [0.2, 0.25) is 5.02 Å². The number of likely N-dealkylation sites (tertiary alicyclic amines) is 1. The molecule has 1 aliphatic heterocycles. The van der Waals surface area contributed by atoms with E-state index in [1.165, 1.54) is 0 Å². The number of urea groups is 1. The van der Waals surface area contributed by atoms with E-state index in [9.17, 15) is 9.90 Å². The normalized spacial score (nSPS) is 23.3. The van der Waals surface area contributed by atoms with E-state index in [0.29, 0.717) is 30.2 Å². The first-order chi connectivity index (χ1) is 8.97. The number of anilines is 1. The molecular formula is C14H19ClN2O2. The summed E-state index contributed by atoms with van der Waals surface area (Å²) in [4.78, 5) is 13.8. The van der Waals surface area contributed by atoms with Crippen LogP contribution >= 0.6 is 11.6 Å². The summed E-state index contributed by atoms with van der Waals surface area (Å²) in [6.07, 6.45) is 0.321. The van der Waals surface area contributed by atoms with E-state index in [1.807, 2.05) is 26.0 Å². The molecule has 4 nitrogen and oxygen atoms in total. The van der Waals surface area contributed by atoms with Crippen molar-refractivity contribution in [2.24, 2.45) is 5.92 Å². The van der Waals surface area contributed by atoms with Crippen molar-refractivity contribution < 1.29 is 9.90 Å². The lowest BCUT2D eigenvalue weighted by Gasteiger charge is -2.34. The molecule has 0 bridgehead atoms. The highest BCUT2D eigenvalue weighted by atomic mass is 35.5. The summed E-state index contributed by atoms with van der Waals surface area (Å²) >= 11 is 6.03. The van der Waals surface area contributed by atoms with Crippen molar-refractivity contribution in [2.45, 2.75) is 26.4 Å². The minimum Gasteiger partial charge on any atom is -0.393 e. The summed E-state index contributed by atoms with van der Waals surface area (Å²) in [7, 11) is 0. The number of nitrogens with one attached hydrogen (secondary N) is 1. The smallest absolute Gasteiger partial charge is 0.321 e. The van der Waals surface area contributed by atoms with Gasteiger partial charge in [0.15, 0.2) is 0 Å². The molecule has 0 aliphatic carbocycles. The fourth-order valence-corrected chi connectivity index (χ4v) is 2.37. The van der Waals surface area contributed by atoms with Crippen LogP contribution in [0.4, 0.5) is 10.5 Å². The van der Waals surface area contributed by atoms with Gasteiger partial charge in [-0.25, -0.2) is 4.79 Å². The summed E-state index contributed by atoms with van der Waals surface area (Å²) < 4.78 is 0. The number of hydrogen-bond donors (Lipinski definition) is 2. The van der Waals surface area contributed by atoms with Crippen molar-refractivity contribution >= 4 is 23.3 Å². The highest BCUT2D eigenvalue weighted by Gasteiger charge is 2.27. The molecule has 19 heavy (non-hydrogen) atoms. The second-order valence-corrected chi connectivity index (χ2v) is 5.58. The van der Waals surface area contributed by atoms with Crippen LogP contribution in [-0.4, -0.2) is 35.2 Å². The van der Waals surface area contributed by atoms with Crippen molar-refractivity contribution in [2.75, 3.05) is 18.4 Å². The van der Waals surface area contributed by atoms with Crippen molar-refractivity contribution in [3.8, 4) is 0 Å². The zero-order valence-electron chi connectivity index (χ0n) is 11.2. The number of carbonyl (C=O) groups is 1. The molecule has 2 amide bonds. The second kappa shape index (κ2) is 5.80. The Labute approximate surface area is 118 Å². The predicted octanol–water partition coefficient (Wildman–Crippen LogP) is 2.88. The average Bonchev–Trinajstić information content (AvgIpc) is 2.37. The van der Waals surface area contributed by atoms with Gasteiger partial charge in [-0.1, -0.05) is 24.6 Å². The van der Waals surface area contributed by atoms with Gasteiger partial charge in [0.1, 0.15) is 0 Å². The average molecular weight is 283 g/mol. The van der Waals surface area contributed by atoms with E-state index in [2.05, 4.69) is 5.32 Å². The summed E-state index contributed by atoms with van der Waals surface area (Å²) in [6, 6.07) is 5.32. The van der Waals surface area contributed by atoms with Crippen LogP contribution in [0.5, 0.6) is 0 Å². The summed E-state index contributed by atoms with van der Waals surface area (Å²) in [6.45, 7) is 5.03. The zero-order valence-corrected chi connectivity index (χ0v) is 11.9. The zero-order chi connectivity index (χ0) is 14.0. The van der Waals surface area contributed by atoms with Gasteiger partial charge in [-0.3, -0.25) is 0 Å². The van der Waals surface area contributed by atoms with E-state index in [1.54, 1.807) is 11.0 Å². The van der Waals surface area contributed by atoms with E-state index >= 15 is 0 Å². The lowest BCUT2D eigenvalue weighted by molar-refractivity contribution is 0.0506. The maximum absolute atomic E-state index is 12.1. The van der Waals surface area contributed by atoms with Gasteiger partial charge in [-0.05, 0) is 37.0 Å². The number of benzene rings is 1. The molecule has 0 unspecified atom stereocenters. The minimum atomic E-state index is -0.308. The third-order valence-electron chi connectivity index (χ3n) is 3.57. The predicted molar refractivity (Wildman–Crippen MR) is 76.6 cm³/mol. The van der Waals surface area contributed by atoms with E-state index in [-0.39, 0.29) is 18.1 Å². The fourth-order valence-electron chi connectivity index (χ4n) is 2.19. The van der Waals surface area contributed by atoms with Crippen LogP contribution in [-0.2, 0) is 0 Å². The SMILES string of the molecule is Cc1ccc(NC(=O)N2CC[C@H](O)[C@H](C)C2)cc1Cl. The molecule has 1 aliphatic rings. The fraction of sp³-hybridized carbons (Fsp3) is 0.500. The molecule has 1 aromatic carbocycles. The number of aryl methyl sites for hydroxylation is 1. The first kappa shape index (κ1) is 14.2. The van der Waals surface area contributed by atoms with Gasteiger partial charge < -0.3 is 15.3 Å². The number of aliphatic hydroxyl groups is 1. The van der Waals surface area contributed by atoms with Crippen LogP contribution in [0, 0.1) is 12.8 Å². The van der Waals surface area contributed by atoms with Gasteiger partial charge in [-0.2, -0.15) is 0 Å². The van der Waals surface area contributed by atoms with Crippen LogP contribution in [0.3, 0.4) is 0 Å². The van der Waals surface area contributed by atoms with Gasteiger partial charge in [0.2, 0.25) is 0 Å². The molecule has 0 aromatic heterocycles. The Morgan fingerprint density at radius 2 is 2.26 bits per heavy atom. The molecule has 1 saturated heterocycles. The Morgan fingerprint density at radius 1 is 1.53 bits per heavy atom. The number of nitrogens with zero attached hydrogens (tertiary/aromatic N) is 1. The molecule has 104 valence electrons. The van der Waals surface area contributed by atoms with Crippen LogP contribution < -0.4 is 5.32 Å². The molecule has 2 atom stereocenters. The molecule has 0 spiro atoms. The Kier molecular flexibility index (Phi) is 4.32. The molecule has 2 rings (SSSR count). The van der Waals surface area contributed by atoms with Crippen molar-refractivity contribution in [1.82, 2.24) is 4.90 Å². The Hall–Kier alpha value is -1.26. The number of halogens is 1. The number of piperidine rings is 1. The molecule has 1 aromatic rings. The van der Waals surface area contributed by atoms with Crippen LogP contribution in [0.25, 0.3) is 0 Å². The van der Waals surface area contributed by atoms with E-state index < -0.39 is 0 Å². The molecule has 1 fully saturated rings. The number of hydrogen-bond acceptors (Lipinski definition) is 2. The molecule has 5 heteroatoms. The lowest BCUT2D eigenvalue weighted by Crippen LogP contribution is -2.46. The quantitative estimate of drug-likeness (QED) is 0.832. The van der Waals surface area contributed by atoms with Gasteiger partial charge in [0.05, 0.1) is 6.10 Å². The Morgan fingerprint density at radius 3 is 2.89 bits per heavy atom. The topological polar surface area (TPSA) is 52.6 Å². The second-order valence-electron chi connectivity index (χ2n) is 5.17. The van der Waals surface area contributed by atoms with Crippen molar-refractivity contribution in [1.29, 1.82) is 0 Å². The van der Waals surface area contributed by atoms with Crippen LogP contribution in [0.1, 0.15) is 18.9 Å². The molecule has 0 radical (unpaired) electrons. The molecular weight excluding hydrogens is 264 g/mol. The first-order valence-corrected chi connectivity index (χ1v) is 6.85. The largest absolute Gasteiger partial charge is 0.393 e. The van der Waals surface area contributed by atoms with E-state index in [4.69, 9.17) is 11.6 Å². The number of carbonyl (C=O) groups excluding carboxylic acids is 1. The van der Waals surface area contributed by atoms with Crippen molar-refractivity contribution in [3.63, 3.8) is 0 Å². The maximum atomic E-state index is 12.1. The Bertz CT molecular complexity index is 479. The van der Waals surface area contributed by atoms with Crippen molar-refractivity contribution in [3.05, 3.63) is 28.8 Å².